The molecule has 1 fully saturated rings. The van der Waals surface area contributed by atoms with E-state index in [4.69, 9.17) is 5.11 Å². The Balaban J connectivity index is 2.10. The smallest absolute Gasteiger partial charge is 0.309 e. The fourth-order valence-corrected chi connectivity index (χ4v) is 3.96. The van der Waals surface area contributed by atoms with Gasteiger partial charge in [0.2, 0.25) is 5.91 Å². The molecule has 22 heavy (non-hydrogen) atoms. The summed E-state index contributed by atoms with van der Waals surface area (Å²) in [6.07, 6.45) is 6.11. The number of rotatable bonds is 6. The van der Waals surface area contributed by atoms with E-state index >= 15 is 0 Å². The van der Waals surface area contributed by atoms with Crippen molar-refractivity contribution in [2.45, 2.75) is 58.0 Å². The number of amides is 1. The third-order valence-electron chi connectivity index (χ3n) is 3.97. The Morgan fingerprint density at radius 2 is 2.05 bits per heavy atom. The normalized spacial score (nSPS) is 16.0. The minimum absolute atomic E-state index is 0.107. The van der Waals surface area contributed by atoms with Crippen LogP contribution in [0.4, 0.5) is 5.13 Å². The van der Waals surface area contributed by atoms with Crippen LogP contribution >= 0.6 is 11.3 Å². The van der Waals surface area contributed by atoms with Crippen molar-refractivity contribution < 1.29 is 14.7 Å². The molecule has 0 aliphatic heterocycles. The Morgan fingerprint density at radius 3 is 2.64 bits per heavy atom. The lowest BCUT2D eigenvalue weighted by Gasteiger charge is -2.30. The van der Waals surface area contributed by atoms with Crippen LogP contribution in [-0.4, -0.2) is 40.0 Å². The third-order valence-corrected chi connectivity index (χ3v) is 4.97. The van der Waals surface area contributed by atoms with Crippen molar-refractivity contribution in [1.82, 2.24) is 9.88 Å². The van der Waals surface area contributed by atoms with Crippen LogP contribution in [0.3, 0.4) is 0 Å². The summed E-state index contributed by atoms with van der Waals surface area (Å²) in [6.45, 7) is 2.11. The Labute approximate surface area is 134 Å². The summed E-state index contributed by atoms with van der Waals surface area (Å²) in [5.74, 6) is -1.09. The molecule has 0 saturated heterocycles. The first-order valence-corrected chi connectivity index (χ1v) is 8.45. The quantitative estimate of drug-likeness (QED) is 0.839. The van der Waals surface area contributed by atoms with Gasteiger partial charge in [-0.3, -0.25) is 14.5 Å². The Hall–Kier alpha value is -1.47. The number of nitrogens with zero attached hydrogens (tertiary/aromatic N) is 2. The molecule has 7 heteroatoms. The minimum atomic E-state index is -0.902. The Morgan fingerprint density at radius 1 is 1.36 bits per heavy atom. The number of nitrogens with one attached hydrogen (secondary N) is 1. The van der Waals surface area contributed by atoms with E-state index in [1.165, 1.54) is 50.4 Å². The number of carboxylic acid groups (broad SMARTS) is 1. The van der Waals surface area contributed by atoms with Crippen LogP contribution in [0.5, 0.6) is 0 Å². The summed E-state index contributed by atoms with van der Waals surface area (Å²) in [5.41, 5.74) is 0.559. The minimum Gasteiger partial charge on any atom is -0.481 e. The van der Waals surface area contributed by atoms with Gasteiger partial charge in [-0.05, 0) is 19.9 Å². The molecule has 1 aliphatic carbocycles. The molecule has 1 saturated carbocycles. The van der Waals surface area contributed by atoms with Gasteiger partial charge in [0.25, 0.3) is 0 Å². The lowest BCUT2D eigenvalue weighted by molar-refractivity contribution is -0.136. The topological polar surface area (TPSA) is 82.5 Å². The van der Waals surface area contributed by atoms with Crippen molar-refractivity contribution in [2.24, 2.45) is 0 Å². The van der Waals surface area contributed by atoms with Crippen LogP contribution in [0.2, 0.25) is 0 Å². The first-order valence-electron chi connectivity index (χ1n) is 7.64. The lowest BCUT2D eigenvalue weighted by atomic mass is 9.94. The summed E-state index contributed by atoms with van der Waals surface area (Å²) < 4.78 is 0. The highest BCUT2D eigenvalue weighted by molar-refractivity contribution is 7.15. The van der Waals surface area contributed by atoms with Gasteiger partial charge in [-0.1, -0.05) is 19.3 Å². The molecule has 122 valence electrons. The molecule has 0 bridgehead atoms. The van der Waals surface area contributed by atoms with Gasteiger partial charge in [0, 0.05) is 24.4 Å². The molecular weight excluding hydrogens is 302 g/mol. The van der Waals surface area contributed by atoms with Crippen molar-refractivity contribution >= 4 is 28.3 Å². The average Bonchev–Trinajstić information content (AvgIpc) is 2.79. The van der Waals surface area contributed by atoms with Gasteiger partial charge >= 0.3 is 5.97 Å². The molecule has 1 amide bonds. The van der Waals surface area contributed by atoms with Gasteiger partial charge in [-0.25, -0.2) is 4.98 Å². The van der Waals surface area contributed by atoms with E-state index in [-0.39, 0.29) is 12.3 Å². The molecule has 2 rings (SSSR count). The van der Waals surface area contributed by atoms with Gasteiger partial charge in [-0.15, -0.1) is 11.3 Å². The number of aromatic nitrogens is 1. The standard InChI is InChI=1S/C15H23N3O3S/c1-10(19)16-15-17-12(8-14(20)21)13(22-15)9-18(2)11-6-4-3-5-7-11/h11H,3-9H2,1-2H3,(H,20,21)(H,16,17,19). The first-order chi connectivity index (χ1) is 10.5. The lowest BCUT2D eigenvalue weighted by Crippen LogP contribution is -2.32. The second kappa shape index (κ2) is 7.69. The molecule has 1 aromatic rings. The second-order valence-electron chi connectivity index (χ2n) is 5.85. The molecule has 0 spiro atoms. The number of carboxylic acids is 1. The molecule has 0 unspecified atom stereocenters. The summed E-state index contributed by atoms with van der Waals surface area (Å²) in [5, 5.41) is 12.2. The van der Waals surface area contributed by atoms with Crippen molar-refractivity contribution in [2.75, 3.05) is 12.4 Å². The SMILES string of the molecule is CC(=O)Nc1nc(CC(=O)O)c(CN(C)C2CCCCC2)s1. The van der Waals surface area contributed by atoms with Crippen LogP contribution < -0.4 is 5.32 Å². The van der Waals surface area contributed by atoms with E-state index in [1.807, 2.05) is 0 Å². The van der Waals surface area contributed by atoms with E-state index in [0.29, 0.717) is 23.4 Å². The highest BCUT2D eigenvalue weighted by Gasteiger charge is 2.21. The van der Waals surface area contributed by atoms with Crippen molar-refractivity contribution in [1.29, 1.82) is 0 Å². The number of hydrogen-bond acceptors (Lipinski definition) is 5. The maximum atomic E-state index is 11.2. The zero-order valence-electron chi connectivity index (χ0n) is 13.1. The Kier molecular flexibility index (Phi) is 5.90. The van der Waals surface area contributed by atoms with Gasteiger partial charge in [0.05, 0.1) is 12.1 Å². The molecule has 0 radical (unpaired) electrons. The number of anilines is 1. The van der Waals surface area contributed by atoms with E-state index in [0.717, 1.165) is 4.88 Å². The predicted molar refractivity (Wildman–Crippen MR) is 86.1 cm³/mol. The van der Waals surface area contributed by atoms with Gasteiger partial charge < -0.3 is 10.4 Å². The predicted octanol–water partition coefficient (Wildman–Crippen LogP) is 2.49. The maximum Gasteiger partial charge on any atom is 0.309 e. The molecule has 1 heterocycles. The number of carbonyl (C=O) groups excluding carboxylic acids is 1. The van der Waals surface area contributed by atoms with E-state index in [9.17, 15) is 9.59 Å². The van der Waals surface area contributed by atoms with E-state index in [1.54, 1.807) is 0 Å². The monoisotopic (exact) mass is 325 g/mol. The zero-order chi connectivity index (χ0) is 16.1. The molecule has 0 aromatic carbocycles. The molecule has 2 N–H and O–H groups in total. The summed E-state index contributed by atoms with van der Waals surface area (Å²) in [7, 11) is 2.08. The van der Waals surface area contributed by atoms with Crippen LogP contribution in [0.15, 0.2) is 0 Å². The highest BCUT2D eigenvalue weighted by atomic mass is 32.1. The third kappa shape index (κ3) is 4.78. The fourth-order valence-electron chi connectivity index (χ4n) is 2.87. The van der Waals surface area contributed by atoms with Crippen molar-refractivity contribution in [3.63, 3.8) is 0 Å². The zero-order valence-corrected chi connectivity index (χ0v) is 13.9. The molecule has 0 atom stereocenters. The largest absolute Gasteiger partial charge is 0.481 e. The van der Waals surface area contributed by atoms with Gasteiger partial charge in [0.1, 0.15) is 0 Å². The highest BCUT2D eigenvalue weighted by Crippen LogP contribution is 2.28. The molecule has 1 aliphatic rings. The summed E-state index contributed by atoms with van der Waals surface area (Å²) >= 11 is 1.37. The molecule has 1 aromatic heterocycles. The van der Waals surface area contributed by atoms with Crippen molar-refractivity contribution in [3.05, 3.63) is 10.6 Å². The summed E-state index contributed by atoms with van der Waals surface area (Å²) in [4.78, 5) is 29.6. The Bertz CT molecular complexity index is 538. The number of aliphatic carboxylic acids is 1. The number of hydrogen-bond donors (Lipinski definition) is 2. The van der Waals surface area contributed by atoms with E-state index in [2.05, 4.69) is 22.2 Å². The number of carbonyl (C=O) groups is 2. The number of thiazole rings is 1. The summed E-state index contributed by atoms with van der Waals surface area (Å²) in [6, 6.07) is 0.553. The van der Waals surface area contributed by atoms with Crippen LogP contribution in [0, 0.1) is 0 Å². The molecule has 6 nitrogen and oxygen atoms in total. The fraction of sp³-hybridized carbons (Fsp3) is 0.667. The van der Waals surface area contributed by atoms with Gasteiger partial charge in [-0.2, -0.15) is 0 Å². The first kappa shape index (κ1) is 16.9. The van der Waals surface area contributed by atoms with Gasteiger partial charge in [0.15, 0.2) is 5.13 Å². The second-order valence-corrected chi connectivity index (χ2v) is 6.93. The van der Waals surface area contributed by atoms with Crippen LogP contribution in [-0.2, 0) is 22.6 Å². The molecular formula is C15H23N3O3S. The van der Waals surface area contributed by atoms with E-state index < -0.39 is 5.97 Å². The average molecular weight is 325 g/mol. The van der Waals surface area contributed by atoms with Crippen molar-refractivity contribution in [3.8, 4) is 0 Å². The van der Waals surface area contributed by atoms with Crippen LogP contribution in [0.1, 0.15) is 49.6 Å². The maximum absolute atomic E-state index is 11.2. The van der Waals surface area contributed by atoms with Crippen LogP contribution in [0.25, 0.3) is 0 Å².